The molecule has 0 aliphatic carbocycles. The molecule has 0 aliphatic heterocycles. The second-order valence-corrected chi connectivity index (χ2v) is 6.21. The molecule has 0 aliphatic rings. The molecule has 0 bridgehead atoms. The van der Waals surface area contributed by atoms with Gasteiger partial charge in [0.1, 0.15) is 0 Å². The molecule has 1 rings (SSSR count). The molecular weight excluding hydrogens is 266 g/mol. The van der Waals surface area contributed by atoms with E-state index < -0.39 is 10.2 Å². The minimum atomic E-state index is -3.58. The molecule has 1 aromatic carbocycles. The first-order valence-electron chi connectivity index (χ1n) is 5.83. The smallest absolute Gasteiger partial charge is 0.301 e. The summed E-state index contributed by atoms with van der Waals surface area (Å²) in [5.41, 5.74) is 1.49. The largest absolute Gasteiger partial charge is 0.411 e. The fraction of sp³-hybridized carbons (Fsp3) is 0.417. The van der Waals surface area contributed by atoms with E-state index in [9.17, 15) is 8.42 Å². The molecule has 0 saturated heterocycles. The van der Waals surface area contributed by atoms with E-state index in [-0.39, 0.29) is 6.04 Å². The lowest BCUT2D eigenvalue weighted by atomic mass is 10.1. The van der Waals surface area contributed by atoms with Crippen LogP contribution in [0.3, 0.4) is 0 Å². The van der Waals surface area contributed by atoms with Crippen LogP contribution in [0.1, 0.15) is 26.3 Å². The molecule has 0 saturated carbocycles. The number of nitrogens with zero attached hydrogens (tertiary/aromatic N) is 2. The van der Waals surface area contributed by atoms with Crippen molar-refractivity contribution < 1.29 is 13.6 Å². The minimum Gasteiger partial charge on any atom is -0.411 e. The third-order valence-corrected chi connectivity index (χ3v) is 4.46. The maximum Gasteiger partial charge on any atom is 0.301 e. The fourth-order valence-electron chi connectivity index (χ4n) is 1.36. The van der Waals surface area contributed by atoms with Gasteiger partial charge in [-0.2, -0.15) is 12.7 Å². The summed E-state index contributed by atoms with van der Waals surface area (Å²) in [6, 6.07) is 6.54. The minimum absolute atomic E-state index is 0.138. The van der Waals surface area contributed by atoms with Crippen LogP contribution in [0.2, 0.25) is 0 Å². The van der Waals surface area contributed by atoms with Crippen LogP contribution in [0.5, 0.6) is 0 Å². The zero-order valence-corrected chi connectivity index (χ0v) is 12.3. The molecular formula is C12H19N3O3S. The molecule has 0 unspecified atom stereocenters. The SMILES string of the molecule is CC(=NO)c1cccc(NS(=O)(=O)N(C)C(C)C)c1. The Labute approximate surface area is 113 Å². The molecule has 0 spiro atoms. The van der Waals surface area contributed by atoms with Gasteiger partial charge in [-0.3, -0.25) is 4.72 Å². The number of rotatable bonds is 5. The van der Waals surface area contributed by atoms with Crippen molar-refractivity contribution >= 4 is 21.6 Å². The van der Waals surface area contributed by atoms with Crippen molar-refractivity contribution in [2.45, 2.75) is 26.8 Å². The number of hydrogen-bond acceptors (Lipinski definition) is 4. The number of oxime groups is 1. The summed E-state index contributed by atoms with van der Waals surface area (Å²) in [7, 11) is -2.07. The normalized spacial score (nSPS) is 13.1. The lowest BCUT2D eigenvalue weighted by Crippen LogP contribution is -2.37. The molecule has 106 valence electrons. The summed E-state index contributed by atoms with van der Waals surface area (Å²) in [5.74, 6) is 0. The Hall–Kier alpha value is -1.60. The van der Waals surface area contributed by atoms with Gasteiger partial charge in [0.25, 0.3) is 0 Å². The molecule has 7 heteroatoms. The van der Waals surface area contributed by atoms with Gasteiger partial charge in [0.2, 0.25) is 0 Å². The van der Waals surface area contributed by atoms with Crippen LogP contribution < -0.4 is 4.72 Å². The second-order valence-electron chi connectivity index (χ2n) is 4.48. The number of benzene rings is 1. The Morgan fingerprint density at radius 3 is 2.58 bits per heavy atom. The van der Waals surface area contributed by atoms with Crippen LogP contribution in [0, 0.1) is 0 Å². The van der Waals surface area contributed by atoms with Crippen molar-refractivity contribution in [1.29, 1.82) is 0 Å². The zero-order chi connectivity index (χ0) is 14.6. The third kappa shape index (κ3) is 3.93. The van der Waals surface area contributed by atoms with Gasteiger partial charge in [-0.25, -0.2) is 0 Å². The third-order valence-electron chi connectivity index (χ3n) is 2.78. The molecule has 0 aromatic heterocycles. The highest BCUT2D eigenvalue weighted by atomic mass is 32.2. The van der Waals surface area contributed by atoms with Crippen LogP contribution in [0.15, 0.2) is 29.4 Å². The highest BCUT2D eigenvalue weighted by Crippen LogP contribution is 2.15. The Kier molecular flexibility index (Phi) is 4.90. The highest BCUT2D eigenvalue weighted by molar-refractivity contribution is 7.90. The van der Waals surface area contributed by atoms with Crippen LogP contribution in [0.25, 0.3) is 0 Å². The van der Waals surface area contributed by atoms with Gasteiger partial charge in [-0.05, 0) is 32.9 Å². The molecule has 0 amide bonds. The monoisotopic (exact) mass is 285 g/mol. The van der Waals surface area contributed by atoms with E-state index in [1.807, 2.05) is 0 Å². The molecule has 19 heavy (non-hydrogen) atoms. The maximum atomic E-state index is 12.0. The predicted molar refractivity (Wildman–Crippen MR) is 75.9 cm³/mol. The van der Waals surface area contributed by atoms with Crippen molar-refractivity contribution in [2.75, 3.05) is 11.8 Å². The van der Waals surface area contributed by atoms with E-state index in [1.165, 1.54) is 11.4 Å². The lowest BCUT2D eigenvalue weighted by Gasteiger charge is -2.21. The van der Waals surface area contributed by atoms with E-state index in [0.29, 0.717) is 17.0 Å². The Morgan fingerprint density at radius 1 is 1.42 bits per heavy atom. The van der Waals surface area contributed by atoms with Crippen LogP contribution in [0.4, 0.5) is 5.69 Å². The first-order valence-corrected chi connectivity index (χ1v) is 7.27. The molecule has 0 atom stereocenters. The highest BCUT2D eigenvalue weighted by Gasteiger charge is 2.20. The Balaban J connectivity index is 3.01. The van der Waals surface area contributed by atoms with Gasteiger partial charge in [-0.15, -0.1) is 0 Å². The molecule has 0 radical (unpaired) electrons. The van der Waals surface area contributed by atoms with Gasteiger partial charge in [-0.1, -0.05) is 17.3 Å². The summed E-state index contributed by atoms with van der Waals surface area (Å²) >= 11 is 0. The van der Waals surface area contributed by atoms with Crippen molar-refractivity contribution in [3.05, 3.63) is 29.8 Å². The van der Waals surface area contributed by atoms with Gasteiger partial charge in [0.15, 0.2) is 0 Å². The van der Waals surface area contributed by atoms with Crippen molar-refractivity contribution in [3.8, 4) is 0 Å². The van der Waals surface area contributed by atoms with E-state index in [2.05, 4.69) is 9.88 Å². The van der Waals surface area contributed by atoms with Crippen LogP contribution in [-0.2, 0) is 10.2 Å². The summed E-state index contributed by atoms with van der Waals surface area (Å²) in [4.78, 5) is 0. The molecule has 1 aromatic rings. The standard InChI is InChI=1S/C12H19N3O3S/c1-9(2)15(4)19(17,18)14-12-7-5-6-11(8-12)10(3)13-16/h5-9,14,16H,1-4H3. The quantitative estimate of drug-likeness (QED) is 0.492. The summed E-state index contributed by atoms with van der Waals surface area (Å²) in [6.45, 7) is 5.21. The lowest BCUT2D eigenvalue weighted by molar-refractivity contribution is 0.319. The first-order chi connectivity index (χ1) is 8.77. The average Bonchev–Trinajstić information content (AvgIpc) is 2.36. The summed E-state index contributed by atoms with van der Waals surface area (Å²) in [6.07, 6.45) is 0. The predicted octanol–water partition coefficient (Wildman–Crippen LogP) is 1.88. The van der Waals surface area contributed by atoms with E-state index >= 15 is 0 Å². The molecule has 0 fully saturated rings. The van der Waals surface area contributed by atoms with Crippen LogP contribution in [-0.4, -0.2) is 36.7 Å². The maximum absolute atomic E-state index is 12.0. The number of nitrogens with one attached hydrogen (secondary N) is 1. The van der Waals surface area contributed by atoms with Crippen LogP contribution >= 0.6 is 0 Å². The Morgan fingerprint density at radius 2 is 2.05 bits per heavy atom. The molecule has 2 N–H and O–H groups in total. The molecule has 6 nitrogen and oxygen atoms in total. The number of anilines is 1. The van der Waals surface area contributed by atoms with Crippen molar-refractivity contribution in [3.63, 3.8) is 0 Å². The van der Waals surface area contributed by atoms with E-state index in [1.54, 1.807) is 45.0 Å². The summed E-state index contributed by atoms with van der Waals surface area (Å²) in [5, 5.41) is 11.8. The summed E-state index contributed by atoms with van der Waals surface area (Å²) < 4.78 is 27.8. The number of hydrogen-bond donors (Lipinski definition) is 2. The first kappa shape index (κ1) is 15.5. The van der Waals surface area contributed by atoms with E-state index in [0.717, 1.165) is 0 Å². The van der Waals surface area contributed by atoms with Gasteiger partial charge in [0, 0.05) is 18.7 Å². The van der Waals surface area contributed by atoms with Gasteiger partial charge < -0.3 is 5.21 Å². The average molecular weight is 285 g/mol. The molecule has 0 heterocycles. The van der Waals surface area contributed by atoms with E-state index in [4.69, 9.17) is 5.21 Å². The topological polar surface area (TPSA) is 82.0 Å². The second kappa shape index (κ2) is 6.03. The van der Waals surface area contributed by atoms with Crippen molar-refractivity contribution in [2.24, 2.45) is 5.16 Å². The van der Waals surface area contributed by atoms with Gasteiger partial charge >= 0.3 is 10.2 Å². The zero-order valence-electron chi connectivity index (χ0n) is 11.5. The fourth-order valence-corrected chi connectivity index (χ4v) is 2.49. The Bertz CT molecular complexity index is 567. The van der Waals surface area contributed by atoms with Crippen molar-refractivity contribution in [1.82, 2.24) is 4.31 Å². The van der Waals surface area contributed by atoms with Gasteiger partial charge in [0.05, 0.1) is 11.4 Å².